The van der Waals surface area contributed by atoms with E-state index in [0.717, 1.165) is 59.6 Å². The van der Waals surface area contributed by atoms with Gasteiger partial charge >= 0.3 is 0 Å². The van der Waals surface area contributed by atoms with Crippen LogP contribution in [0.25, 0.3) is 0 Å². The summed E-state index contributed by atoms with van der Waals surface area (Å²) >= 11 is 1.56. The molecule has 0 radical (unpaired) electrons. The summed E-state index contributed by atoms with van der Waals surface area (Å²) in [5, 5.41) is 7.12. The number of amides is 1. The van der Waals surface area contributed by atoms with Crippen LogP contribution in [0.2, 0.25) is 0 Å². The van der Waals surface area contributed by atoms with Gasteiger partial charge in [0.05, 0.1) is 11.9 Å². The summed E-state index contributed by atoms with van der Waals surface area (Å²) in [6, 6.07) is 3.94. The molecule has 0 unspecified atom stereocenters. The Morgan fingerprint density at radius 1 is 1.34 bits per heavy atom. The van der Waals surface area contributed by atoms with Gasteiger partial charge in [-0.05, 0) is 42.5 Å². The highest BCUT2D eigenvalue weighted by atomic mass is 32.2. The molecule has 1 aromatic carbocycles. The van der Waals surface area contributed by atoms with E-state index in [2.05, 4.69) is 27.4 Å². The first-order valence-corrected chi connectivity index (χ1v) is 10.7. The predicted molar refractivity (Wildman–Crippen MR) is 113 cm³/mol. The van der Waals surface area contributed by atoms with Crippen LogP contribution in [-0.2, 0) is 11.3 Å². The first kappa shape index (κ1) is 18.5. The van der Waals surface area contributed by atoms with Crippen LogP contribution in [0.3, 0.4) is 0 Å². The Morgan fingerprint density at radius 3 is 2.97 bits per heavy atom. The fourth-order valence-corrected chi connectivity index (χ4v) is 4.82. The molecule has 0 bridgehead atoms. The fraction of sp³-hybridized carbons (Fsp3) is 0.450. The van der Waals surface area contributed by atoms with Crippen molar-refractivity contribution in [3.8, 4) is 5.75 Å². The molecule has 0 spiro atoms. The molecule has 1 fully saturated rings. The zero-order valence-corrected chi connectivity index (χ0v) is 17.1. The third-order valence-electron chi connectivity index (χ3n) is 5.96. The van der Waals surface area contributed by atoms with Gasteiger partial charge in [-0.25, -0.2) is 9.97 Å². The van der Waals surface area contributed by atoms with Crippen LogP contribution < -0.4 is 26.0 Å². The van der Waals surface area contributed by atoms with Gasteiger partial charge < -0.3 is 26.0 Å². The number of hydrogen-bond acceptors (Lipinski definition) is 8. The van der Waals surface area contributed by atoms with Gasteiger partial charge in [0.2, 0.25) is 0 Å². The van der Waals surface area contributed by atoms with Gasteiger partial charge in [0, 0.05) is 24.5 Å². The number of rotatable bonds is 2. The lowest BCUT2D eigenvalue weighted by molar-refractivity contribution is -0.118. The van der Waals surface area contributed by atoms with Gasteiger partial charge in [-0.1, -0.05) is 18.7 Å². The van der Waals surface area contributed by atoms with E-state index in [0.29, 0.717) is 18.0 Å². The van der Waals surface area contributed by atoms with Crippen molar-refractivity contribution in [1.29, 1.82) is 0 Å². The second-order valence-corrected chi connectivity index (χ2v) is 9.16. The summed E-state index contributed by atoms with van der Waals surface area (Å²) in [6.45, 7) is 5.55. The summed E-state index contributed by atoms with van der Waals surface area (Å²) in [7, 11) is 0. The van der Waals surface area contributed by atoms with E-state index >= 15 is 0 Å². The van der Waals surface area contributed by atoms with Crippen molar-refractivity contribution in [3.63, 3.8) is 0 Å². The lowest BCUT2D eigenvalue weighted by Crippen LogP contribution is -2.42. The molecule has 4 heterocycles. The smallest absolute Gasteiger partial charge is 0.262 e. The highest BCUT2D eigenvalue weighted by molar-refractivity contribution is 7.99. The van der Waals surface area contributed by atoms with Crippen molar-refractivity contribution in [3.05, 3.63) is 23.9 Å². The first-order valence-electron chi connectivity index (χ1n) is 9.86. The van der Waals surface area contributed by atoms with E-state index < -0.39 is 0 Å². The Bertz CT molecular complexity index is 974. The van der Waals surface area contributed by atoms with Crippen molar-refractivity contribution in [1.82, 2.24) is 9.97 Å². The number of benzene rings is 1. The van der Waals surface area contributed by atoms with Gasteiger partial charge in [0.15, 0.2) is 12.4 Å². The van der Waals surface area contributed by atoms with Crippen LogP contribution in [0, 0.1) is 5.41 Å². The number of nitrogens with two attached hydrogens (primary N) is 1. The predicted octanol–water partition coefficient (Wildman–Crippen LogP) is 2.45. The molecule has 3 aliphatic heterocycles. The summed E-state index contributed by atoms with van der Waals surface area (Å²) in [5.41, 5.74) is 7.96. The molecule has 1 aromatic heterocycles. The Kier molecular flexibility index (Phi) is 4.51. The monoisotopic (exact) mass is 412 g/mol. The molecule has 3 aliphatic rings. The van der Waals surface area contributed by atoms with E-state index in [-0.39, 0.29) is 17.9 Å². The molecule has 8 nitrogen and oxygen atoms in total. The van der Waals surface area contributed by atoms with Crippen LogP contribution in [-0.4, -0.2) is 42.1 Å². The quantitative estimate of drug-likeness (QED) is 0.691. The zero-order valence-electron chi connectivity index (χ0n) is 16.3. The molecular formula is C20H24N6O2S. The normalized spacial score (nSPS) is 19.7. The molecule has 1 saturated heterocycles. The van der Waals surface area contributed by atoms with Crippen molar-refractivity contribution in [2.24, 2.45) is 11.1 Å². The number of hydrogen-bond donors (Lipinski definition) is 3. The van der Waals surface area contributed by atoms with Crippen LogP contribution >= 0.6 is 11.8 Å². The molecule has 1 amide bonds. The summed E-state index contributed by atoms with van der Waals surface area (Å²) in [5.74, 6) is 2.26. The lowest BCUT2D eigenvalue weighted by Gasteiger charge is -2.39. The first-order chi connectivity index (χ1) is 14.0. The fourth-order valence-electron chi connectivity index (χ4n) is 3.86. The van der Waals surface area contributed by atoms with Gasteiger partial charge in [-0.15, -0.1) is 0 Å². The average Bonchev–Trinajstić information content (AvgIpc) is 2.91. The van der Waals surface area contributed by atoms with E-state index in [4.69, 9.17) is 15.5 Å². The Morgan fingerprint density at radius 2 is 2.17 bits per heavy atom. The number of nitrogens with zero attached hydrogens (tertiary/aromatic N) is 3. The number of aromatic nitrogens is 2. The minimum Gasteiger partial charge on any atom is -0.482 e. The standard InChI is InChI=1S/C20H24N6O2S/c1-20(11-21)2-4-26(5-3-20)16-9-23-19-18(25-16)22-8-12-6-14-13(7-15(12)29-19)24-17(27)10-28-14/h6-7,9H,2-5,8,10-11,21H2,1H3,(H,22,25)(H,24,27). The second kappa shape index (κ2) is 7.07. The maximum Gasteiger partial charge on any atom is 0.262 e. The van der Waals surface area contributed by atoms with E-state index in [9.17, 15) is 4.79 Å². The van der Waals surface area contributed by atoms with Gasteiger partial charge in [0.1, 0.15) is 16.6 Å². The highest BCUT2D eigenvalue weighted by Crippen LogP contribution is 2.42. The van der Waals surface area contributed by atoms with Crippen molar-refractivity contribution < 1.29 is 9.53 Å². The molecule has 2 aromatic rings. The molecule has 0 atom stereocenters. The van der Waals surface area contributed by atoms with Crippen LogP contribution in [0.4, 0.5) is 17.3 Å². The molecule has 0 aliphatic carbocycles. The molecule has 0 saturated carbocycles. The maximum absolute atomic E-state index is 11.6. The number of fused-ring (bicyclic) bond motifs is 3. The minimum atomic E-state index is -0.133. The van der Waals surface area contributed by atoms with Crippen molar-refractivity contribution >= 4 is 35.0 Å². The average molecular weight is 413 g/mol. The second-order valence-electron chi connectivity index (χ2n) is 8.13. The molecule has 9 heteroatoms. The van der Waals surface area contributed by atoms with Crippen LogP contribution in [0.5, 0.6) is 5.75 Å². The minimum absolute atomic E-state index is 0.0537. The number of piperidine rings is 1. The topological polar surface area (TPSA) is 105 Å². The lowest BCUT2D eigenvalue weighted by atomic mass is 9.80. The molecule has 152 valence electrons. The SMILES string of the molecule is CC1(CN)CCN(c2cnc3c(n2)NCc2cc4c(cc2S3)NC(=O)CO4)CC1. The maximum atomic E-state index is 11.6. The van der Waals surface area contributed by atoms with Gasteiger partial charge in [-0.3, -0.25) is 4.79 Å². The highest BCUT2D eigenvalue weighted by Gasteiger charge is 2.30. The Hall–Kier alpha value is -2.52. The molecule has 4 N–H and O–H groups in total. The van der Waals surface area contributed by atoms with Gasteiger partial charge in [0.25, 0.3) is 5.91 Å². The number of ether oxygens (including phenoxy) is 1. The van der Waals surface area contributed by atoms with Gasteiger partial charge in [-0.2, -0.15) is 0 Å². The number of anilines is 3. The van der Waals surface area contributed by atoms with E-state index in [1.807, 2.05) is 18.3 Å². The largest absolute Gasteiger partial charge is 0.482 e. The number of carbonyl (C=O) groups excluding carboxylic acids is 1. The Balaban J connectivity index is 1.38. The summed E-state index contributed by atoms with van der Waals surface area (Å²) < 4.78 is 5.55. The van der Waals surface area contributed by atoms with Crippen molar-refractivity contribution in [2.45, 2.75) is 36.2 Å². The molecular weight excluding hydrogens is 388 g/mol. The number of carbonyl (C=O) groups is 1. The Labute approximate surface area is 173 Å². The third kappa shape index (κ3) is 3.49. The zero-order chi connectivity index (χ0) is 20.0. The van der Waals surface area contributed by atoms with Crippen LogP contribution in [0.1, 0.15) is 25.3 Å². The molecule has 5 rings (SSSR count). The number of nitrogens with one attached hydrogen (secondary N) is 2. The van der Waals surface area contributed by atoms with E-state index in [1.165, 1.54) is 0 Å². The van der Waals surface area contributed by atoms with Crippen molar-refractivity contribution in [2.75, 3.05) is 41.8 Å². The van der Waals surface area contributed by atoms with Crippen LogP contribution in [0.15, 0.2) is 28.3 Å². The van der Waals surface area contributed by atoms with E-state index in [1.54, 1.807) is 11.8 Å². The molecule has 29 heavy (non-hydrogen) atoms. The summed E-state index contributed by atoms with van der Waals surface area (Å²) in [4.78, 5) is 24.5. The summed E-state index contributed by atoms with van der Waals surface area (Å²) in [6.07, 6.45) is 3.98. The third-order valence-corrected chi connectivity index (χ3v) is 7.05.